The number of aromatic nitrogens is 10. The minimum Gasteiger partial charge on any atom is -0.481 e. The van der Waals surface area contributed by atoms with E-state index in [-0.39, 0.29) is 102 Å². The van der Waals surface area contributed by atoms with Crippen LogP contribution in [0.5, 0.6) is 0 Å². The van der Waals surface area contributed by atoms with Gasteiger partial charge in [-0.05, 0) is 159 Å². The maximum Gasteiger partial charge on any atom is 0.328 e. The number of ether oxygens (including phenoxy) is 2. The van der Waals surface area contributed by atoms with Crippen molar-refractivity contribution in [3.63, 3.8) is 0 Å². The van der Waals surface area contributed by atoms with Crippen molar-refractivity contribution >= 4 is 148 Å². The molecule has 13 aromatic rings. The van der Waals surface area contributed by atoms with E-state index in [4.69, 9.17) is 80.0 Å². The van der Waals surface area contributed by atoms with Gasteiger partial charge in [-0.3, -0.25) is 61.5 Å². The Morgan fingerprint density at radius 1 is 0.541 bits per heavy atom. The number of nitrogens with zero attached hydrogens (tertiary/aromatic N) is 16. The van der Waals surface area contributed by atoms with Gasteiger partial charge in [0.1, 0.15) is 5.69 Å². The number of aliphatic hydroxyl groups excluding tert-OH is 1. The molecule has 4 aliphatic rings. The van der Waals surface area contributed by atoms with Gasteiger partial charge in [0, 0.05) is 143 Å². The molecule has 0 aliphatic carbocycles. The van der Waals surface area contributed by atoms with Crippen LogP contribution in [0.1, 0.15) is 98.3 Å². The number of fused-ring (bicyclic) bond motifs is 4. The van der Waals surface area contributed by atoms with E-state index in [0.717, 1.165) is 83.8 Å². The van der Waals surface area contributed by atoms with Crippen molar-refractivity contribution in [2.75, 3.05) is 94.9 Å². The second-order valence-electron chi connectivity index (χ2n) is 29.7. The smallest absolute Gasteiger partial charge is 0.328 e. The molecule has 9 heterocycles. The van der Waals surface area contributed by atoms with Crippen LogP contribution in [-0.2, 0) is 66.1 Å². The SMILES string of the molecule is C.C1CCOC1.C1CCOC1.CO.Cn1c(=O)n(C)c2cc(-c3noc(C4CCN(C(=O)CNC(=O)c5ccccc5)CC4)n3)ccc21.Cn1c(=O)n(C)c2cc(/C(N)=N/O)ccc21.O=C(NCC(=O)N1CCC(C(=O)O)CC1)c1ccccc1.[2H]CI.[C-]#[N+]c1ccc(N)c(N)c1.[C-]#[N+]c1ccc(N)c([N+](=O)[O-])c1.[C-]#[N+]c1ccc2[nH]c(=O)[nH]c2c1.[C-]#[N+]c1ccc2c(c1)n(C)c(=O)n2C. The Labute approximate surface area is 791 Å². The molecule has 42 heteroatoms. The zero-order chi connectivity index (χ0) is 99.0. The van der Waals surface area contributed by atoms with Crippen molar-refractivity contribution in [1.82, 2.24) is 67.9 Å². The van der Waals surface area contributed by atoms with Crippen molar-refractivity contribution < 1.29 is 59.7 Å². The fourth-order valence-electron chi connectivity index (χ4n) is 13.6. The number of amidine groups is 1. The first-order valence-corrected chi connectivity index (χ1v) is 42.9. The molecule has 0 saturated carbocycles. The van der Waals surface area contributed by atoms with Crippen LogP contribution in [0, 0.1) is 42.3 Å². The molecular formula is C93H109IN24O17. The Hall–Kier alpha value is -16.0. The number of carbonyl (C=O) groups excluding carboxylic acids is 4. The van der Waals surface area contributed by atoms with Gasteiger partial charge in [-0.15, -0.1) is 0 Å². The average molecular weight is 1960 g/mol. The van der Waals surface area contributed by atoms with E-state index in [1.165, 1.54) is 42.4 Å². The molecule has 710 valence electrons. The first-order chi connectivity index (χ1) is 64.8. The largest absolute Gasteiger partial charge is 0.481 e. The second kappa shape index (κ2) is 53.9. The van der Waals surface area contributed by atoms with Crippen LogP contribution in [-0.4, -0.2) is 191 Å². The lowest BCUT2D eigenvalue weighted by Crippen LogP contribution is -2.45. The maximum absolute atomic E-state index is 12.6. The number of alkyl halides is 1. The number of aliphatic hydroxyl groups is 1. The number of nitro groups is 1. The van der Waals surface area contributed by atoms with E-state index in [1.54, 1.807) is 196 Å². The van der Waals surface area contributed by atoms with Crippen LogP contribution in [0.4, 0.5) is 45.5 Å². The van der Waals surface area contributed by atoms with Gasteiger partial charge >= 0.3 is 28.7 Å². The number of halogens is 1. The minimum atomic E-state index is -0.806. The number of aromatic amines is 2. The number of aryl methyl sites for hydroxylation is 6. The fraction of sp³-hybridized carbons (Fsp3) is 0.312. The molecule has 8 aromatic carbocycles. The van der Waals surface area contributed by atoms with Crippen molar-refractivity contribution in [1.29, 1.82) is 0 Å². The summed E-state index contributed by atoms with van der Waals surface area (Å²) in [7, 11) is 11.3. The first kappa shape index (κ1) is 106. The van der Waals surface area contributed by atoms with Crippen molar-refractivity contribution in [3.05, 3.63) is 290 Å². The molecule has 0 unspecified atom stereocenters. The zero-order valence-corrected chi connectivity index (χ0v) is 76.8. The summed E-state index contributed by atoms with van der Waals surface area (Å²) in [5.74, 6) is -0.907. The van der Waals surface area contributed by atoms with Gasteiger partial charge in [0.25, 0.3) is 17.5 Å². The third kappa shape index (κ3) is 30.3. The number of carboxylic acids is 1. The topological polar surface area (TPSA) is 540 Å². The number of benzene rings is 8. The number of hydrogen-bond donors (Lipinski definition) is 11. The molecule has 4 aliphatic heterocycles. The molecule has 15 N–H and O–H groups in total. The summed E-state index contributed by atoms with van der Waals surface area (Å²) in [5, 5.41) is 47.1. The number of nitrogens with two attached hydrogens (primary N) is 4. The van der Waals surface area contributed by atoms with Gasteiger partial charge in [-0.1, -0.05) is 101 Å². The molecule has 0 atom stereocenters. The van der Waals surface area contributed by atoms with Crippen molar-refractivity contribution in [2.45, 2.75) is 64.7 Å². The number of imidazole rings is 4. The number of aliphatic carboxylic acids is 1. The summed E-state index contributed by atoms with van der Waals surface area (Å²) in [5.41, 5.74) is 32.4. The number of amides is 4. The Morgan fingerprint density at radius 2 is 0.941 bits per heavy atom. The number of likely N-dealkylation sites (tertiary alicyclic amines) is 2. The average Bonchev–Trinajstić information content (AvgIpc) is 1.64. The van der Waals surface area contributed by atoms with Crippen LogP contribution in [0.2, 0.25) is 0 Å². The predicted octanol–water partition coefficient (Wildman–Crippen LogP) is 11.6. The van der Waals surface area contributed by atoms with Crippen LogP contribution in [0.3, 0.4) is 0 Å². The van der Waals surface area contributed by atoms with Gasteiger partial charge in [0.2, 0.25) is 23.5 Å². The molecular weight excluding hydrogens is 1850 g/mol. The number of nitrogens with one attached hydrogen (secondary N) is 4. The van der Waals surface area contributed by atoms with Gasteiger partial charge < -0.3 is 82.8 Å². The van der Waals surface area contributed by atoms with Gasteiger partial charge in [-0.25, -0.2) is 38.6 Å². The number of anilines is 3. The summed E-state index contributed by atoms with van der Waals surface area (Å²) in [6, 6.07) is 47.4. The van der Waals surface area contributed by atoms with Crippen molar-refractivity contribution in [3.8, 4) is 11.4 Å². The summed E-state index contributed by atoms with van der Waals surface area (Å²) in [4.78, 5) is 142. The summed E-state index contributed by atoms with van der Waals surface area (Å²) in [6.07, 6.45) is 7.44. The van der Waals surface area contributed by atoms with Crippen LogP contribution in [0.25, 0.3) is 74.9 Å². The highest BCUT2D eigenvalue weighted by molar-refractivity contribution is 14.1. The molecule has 0 spiro atoms. The van der Waals surface area contributed by atoms with E-state index >= 15 is 0 Å². The molecule has 135 heavy (non-hydrogen) atoms. The summed E-state index contributed by atoms with van der Waals surface area (Å²) in [6.45, 7) is 32.8. The highest BCUT2D eigenvalue weighted by Crippen LogP contribution is 2.31. The van der Waals surface area contributed by atoms with E-state index in [0.29, 0.717) is 119 Å². The van der Waals surface area contributed by atoms with Crippen LogP contribution < -0.4 is 56.3 Å². The van der Waals surface area contributed by atoms with Gasteiger partial charge in [0.05, 0.1) is 100 Å². The number of piperidine rings is 2. The number of carboxylic acid groups (broad SMARTS) is 1. The molecule has 0 radical (unpaired) electrons. The van der Waals surface area contributed by atoms with Crippen LogP contribution >= 0.6 is 22.6 Å². The lowest BCUT2D eigenvalue weighted by molar-refractivity contribution is -0.383. The maximum atomic E-state index is 12.6. The van der Waals surface area contributed by atoms with E-state index < -0.39 is 10.9 Å². The first-order valence-electron chi connectivity index (χ1n) is 42.1. The van der Waals surface area contributed by atoms with Gasteiger partial charge in [0.15, 0.2) is 28.6 Å². The molecule has 5 aromatic heterocycles. The zero-order valence-electron chi connectivity index (χ0n) is 75.7. The summed E-state index contributed by atoms with van der Waals surface area (Å²) < 4.78 is 31.0. The molecule has 4 saturated heterocycles. The van der Waals surface area contributed by atoms with E-state index in [9.17, 15) is 53.3 Å². The number of oxime groups is 1. The molecule has 4 amide bonds. The molecule has 41 nitrogen and oxygen atoms in total. The fourth-order valence-corrected chi connectivity index (χ4v) is 13.6. The van der Waals surface area contributed by atoms with Crippen LogP contribution in [0.15, 0.2) is 199 Å². The molecule has 17 rings (SSSR count). The highest BCUT2D eigenvalue weighted by atomic mass is 127. The summed E-state index contributed by atoms with van der Waals surface area (Å²) >= 11 is 1.96. The minimum absolute atomic E-state index is 0. The number of nitrogen functional groups attached to an aromatic ring is 3. The lowest BCUT2D eigenvalue weighted by atomic mass is 9.96. The Morgan fingerprint density at radius 3 is 1.39 bits per heavy atom. The highest BCUT2D eigenvalue weighted by Gasteiger charge is 2.30. The Kier molecular flexibility index (Phi) is 42.4. The second-order valence-corrected chi connectivity index (χ2v) is 29.7. The third-order valence-corrected chi connectivity index (χ3v) is 21.1. The third-order valence-electron chi connectivity index (χ3n) is 21.1. The van der Waals surface area contributed by atoms with Gasteiger partial charge in [-0.2, -0.15) is 4.98 Å². The standard InChI is InChI=1S/C25H26N6O4.C15H18N2O4.C10H12N4O2.C10H9N3O.C8H5N3O.C7H5N3O2.C7H7N3.2C4H8O.CH3I.CH4O.CH4/c1-29-19-9-8-18(14-20(19)30(2)25(29)34)22-27-24(35-28-22)17-10-12-31(13-11-17)21(32)15-26-23(33)16-6-4-3-5-7-16;18-13(17-8-6-12(7-9-17)15(20)21)10-16-14(19)11-4-2-1-3-5-11;1-13-7-4-3-6(9(11)12-16)5-8(7)14(2)10(13)15;1-11-7-4-5-8-9(6-7)13(3)10(14)12(8)2;1-9-5-2-3-6-7(4-5)11-8(12)10-6;1-9-5-2-3-6(8)7(4-5)10(11)12;1-10-5-2-3-6(8)7(9)4-5;2*1-2-4-5-3-1;2*1-2;/h3-9,14,17H,10-13,15H2,1-2H3,(H,26,33);1-5,12H,6-10H2,(H,16,19)(H,20,21);3-5,16H,1-2H3,(H2,11,12);4-6H,2-3H3;2-4H,(H2,10,11,12);2-4H,8H2;2-4H,8-9H2;2*1-4H2;1H3;2H,1H3;1H4/i;;;;;;;;;1D;;. The monoisotopic (exact) mass is 1960 g/mol. The Bertz CT molecular complexity index is 6680. The lowest BCUT2D eigenvalue weighted by Gasteiger charge is -2.30. The number of H-pyrrole nitrogens is 2. The predicted molar refractivity (Wildman–Crippen MR) is 525 cm³/mol. The van der Waals surface area contributed by atoms with E-state index in [2.05, 4.69) is 55.3 Å². The Balaban J connectivity index is 0.000000246. The number of carbonyl (C=O) groups is 5. The van der Waals surface area contributed by atoms with Crippen molar-refractivity contribution in [2.24, 2.45) is 59.1 Å². The number of hydrogen-bond acceptors (Lipinski definition) is 22. The number of rotatable bonds is 11. The normalized spacial score (nSPS) is 13.0. The van der Waals surface area contributed by atoms with E-state index in [1.807, 2.05) is 52.9 Å². The number of nitro benzene ring substituents is 1. The molecule has 4 fully saturated rings. The molecule has 0 bridgehead atoms. The quantitative estimate of drug-likeness (QED) is 0.00659.